The van der Waals surface area contributed by atoms with Crippen LogP contribution in [0, 0.1) is 0 Å². The van der Waals surface area contributed by atoms with Gasteiger partial charge in [-0.25, -0.2) is 13.4 Å². The van der Waals surface area contributed by atoms with Gasteiger partial charge in [0.1, 0.15) is 5.56 Å². The molecule has 0 fully saturated rings. The fraction of sp³-hybridized carbons (Fsp3) is 0.143. The zero-order valence-corrected chi connectivity index (χ0v) is 16.9. The minimum Gasteiger partial charge on any atom is -0.477 e. The van der Waals surface area contributed by atoms with Gasteiger partial charge in [0.05, 0.1) is 17.2 Å². The zero-order valence-electron chi connectivity index (χ0n) is 16.1. The molecule has 0 saturated carbocycles. The van der Waals surface area contributed by atoms with Crippen LogP contribution < -0.4 is 14.4 Å². The number of anilines is 2. The number of hydrogen-bond acceptors (Lipinski definition) is 5. The van der Waals surface area contributed by atoms with Crippen molar-refractivity contribution in [3.05, 3.63) is 78.5 Å². The maximum Gasteiger partial charge on any atom is 0.264 e. The van der Waals surface area contributed by atoms with Crippen LogP contribution in [0.1, 0.15) is 17.3 Å². The molecule has 3 rings (SSSR count). The van der Waals surface area contributed by atoms with E-state index in [0.29, 0.717) is 18.0 Å². The first-order chi connectivity index (χ1) is 13.9. The van der Waals surface area contributed by atoms with Gasteiger partial charge in [-0.1, -0.05) is 24.3 Å². The minimum absolute atomic E-state index is 0.0675. The first-order valence-corrected chi connectivity index (χ1v) is 10.4. The number of nitrogens with one attached hydrogen (secondary N) is 1. The van der Waals surface area contributed by atoms with Crippen LogP contribution in [0.3, 0.4) is 0 Å². The second-order valence-corrected chi connectivity index (χ2v) is 8.05. The third-order valence-electron chi connectivity index (χ3n) is 4.17. The van der Waals surface area contributed by atoms with Gasteiger partial charge in [-0.05, 0) is 49.4 Å². The Labute approximate surface area is 170 Å². The third kappa shape index (κ3) is 4.55. The highest BCUT2D eigenvalue weighted by molar-refractivity contribution is 7.92. The second kappa shape index (κ2) is 8.74. The third-order valence-corrected chi connectivity index (χ3v) is 5.95. The van der Waals surface area contributed by atoms with Gasteiger partial charge in [-0.2, -0.15) is 0 Å². The van der Waals surface area contributed by atoms with E-state index in [9.17, 15) is 13.2 Å². The van der Waals surface area contributed by atoms with Crippen molar-refractivity contribution in [2.24, 2.45) is 0 Å². The van der Waals surface area contributed by atoms with Crippen LogP contribution in [-0.4, -0.2) is 33.0 Å². The number of ether oxygens (including phenoxy) is 1. The molecule has 0 radical (unpaired) electrons. The summed E-state index contributed by atoms with van der Waals surface area (Å²) >= 11 is 0. The number of aromatic nitrogens is 1. The molecular formula is C21H21N3O4S. The van der Waals surface area contributed by atoms with E-state index in [4.69, 9.17) is 4.74 Å². The monoisotopic (exact) mass is 411 g/mol. The number of rotatable bonds is 7. The molecule has 3 aromatic rings. The van der Waals surface area contributed by atoms with Crippen molar-refractivity contribution < 1.29 is 17.9 Å². The van der Waals surface area contributed by atoms with Crippen molar-refractivity contribution in [2.75, 3.05) is 23.3 Å². The Morgan fingerprint density at radius 3 is 2.55 bits per heavy atom. The number of sulfonamides is 1. The van der Waals surface area contributed by atoms with E-state index in [1.54, 1.807) is 55.5 Å². The Balaban J connectivity index is 1.86. The fourth-order valence-corrected chi connectivity index (χ4v) is 3.92. The number of amides is 1. The lowest BCUT2D eigenvalue weighted by Gasteiger charge is -2.20. The molecule has 2 aromatic carbocycles. The van der Waals surface area contributed by atoms with E-state index >= 15 is 0 Å². The molecule has 0 spiro atoms. The zero-order chi connectivity index (χ0) is 20.9. The number of nitrogens with zero attached hydrogens (tertiary/aromatic N) is 2. The molecule has 7 nitrogen and oxygen atoms in total. The van der Waals surface area contributed by atoms with Gasteiger partial charge < -0.3 is 10.1 Å². The number of hydrogen-bond donors (Lipinski definition) is 1. The molecule has 1 amide bonds. The van der Waals surface area contributed by atoms with Crippen LogP contribution in [0.2, 0.25) is 0 Å². The number of benzene rings is 2. The lowest BCUT2D eigenvalue weighted by atomic mass is 10.2. The molecule has 1 aromatic heterocycles. The summed E-state index contributed by atoms with van der Waals surface area (Å²) < 4.78 is 32.5. The second-order valence-electron chi connectivity index (χ2n) is 6.08. The van der Waals surface area contributed by atoms with Crippen LogP contribution in [0.4, 0.5) is 11.4 Å². The summed E-state index contributed by atoms with van der Waals surface area (Å²) in [6.07, 6.45) is 1.54. The van der Waals surface area contributed by atoms with Gasteiger partial charge in [0.15, 0.2) is 0 Å². The van der Waals surface area contributed by atoms with E-state index in [1.165, 1.54) is 29.7 Å². The van der Waals surface area contributed by atoms with Crippen LogP contribution in [-0.2, 0) is 10.0 Å². The summed E-state index contributed by atoms with van der Waals surface area (Å²) in [7, 11) is -2.30. The van der Waals surface area contributed by atoms with E-state index in [1.807, 2.05) is 6.07 Å². The maximum absolute atomic E-state index is 13.0. The van der Waals surface area contributed by atoms with Crippen molar-refractivity contribution in [2.45, 2.75) is 11.8 Å². The molecular weight excluding hydrogens is 390 g/mol. The van der Waals surface area contributed by atoms with E-state index in [2.05, 4.69) is 10.3 Å². The molecule has 8 heteroatoms. The first-order valence-electron chi connectivity index (χ1n) is 8.96. The van der Waals surface area contributed by atoms with Gasteiger partial charge >= 0.3 is 0 Å². The maximum atomic E-state index is 13.0. The Morgan fingerprint density at radius 2 is 1.83 bits per heavy atom. The fourth-order valence-electron chi connectivity index (χ4n) is 2.68. The minimum atomic E-state index is -3.79. The molecule has 0 atom stereocenters. The molecule has 150 valence electrons. The highest BCUT2D eigenvalue weighted by Gasteiger charge is 2.22. The number of para-hydroxylation sites is 1. The van der Waals surface area contributed by atoms with Crippen LogP contribution in [0.15, 0.2) is 77.8 Å². The standard InChI is InChI=1S/C21H21N3O4S/c1-3-28-21-19(13-8-14-22-21)20(25)23-16-9-7-12-18(15-16)29(26,27)24(2)17-10-5-4-6-11-17/h4-15H,3H2,1-2H3,(H,23,25). The summed E-state index contributed by atoms with van der Waals surface area (Å²) in [5.41, 5.74) is 1.16. The van der Waals surface area contributed by atoms with Crippen molar-refractivity contribution in [3.8, 4) is 5.88 Å². The molecule has 0 bridgehead atoms. The Hall–Kier alpha value is -3.39. The normalized spacial score (nSPS) is 11.0. The molecule has 0 aliphatic heterocycles. The average molecular weight is 411 g/mol. The molecule has 1 heterocycles. The number of pyridine rings is 1. The Bertz CT molecular complexity index is 1100. The van der Waals surface area contributed by atoms with Gasteiger partial charge in [-0.3, -0.25) is 9.10 Å². The smallest absolute Gasteiger partial charge is 0.264 e. The first kappa shape index (κ1) is 20.3. The number of carbonyl (C=O) groups is 1. The summed E-state index contributed by atoms with van der Waals surface area (Å²) in [5, 5.41) is 2.71. The van der Waals surface area contributed by atoms with Gasteiger partial charge in [0, 0.05) is 18.9 Å². The quantitative estimate of drug-likeness (QED) is 0.642. The summed E-state index contributed by atoms with van der Waals surface area (Å²) in [6, 6.07) is 18.1. The summed E-state index contributed by atoms with van der Waals surface area (Å²) in [6.45, 7) is 2.17. The largest absolute Gasteiger partial charge is 0.477 e. The van der Waals surface area contributed by atoms with Crippen molar-refractivity contribution in [3.63, 3.8) is 0 Å². The van der Waals surface area contributed by atoms with Crippen LogP contribution >= 0.6 is 0 Å². The van der Waals surface area contributed by atoms with Crippen molar-refractivity contribution in [1.82, 2.24) is 4.98 Å². The lowest BCUT2D eigenvalue weighted by molar-refractivity contribution is 0.102. The van der Waals surface area contributed by atoms with Gasteiger partial charge in [-0.15, -0.1) is 0 Å². The number of carbonyl (C=O) groups excluding carboxylic acids is 1. The molecule has 0 saturated heterocycles. The van der Waals surface area contributed by atoms with Crippen LogP contribution in [0.5, 0.6) is 5.88 Å². The SMILES string of the molecule is CCOc1ncccc1C(=O)Nc1cccc(S(=O)(=O)N(C)c2ccccc2)c1. The summed E-state index contributed by atoms with van der Waals surface area (Å²) in [4.78, 5) is 16.8. The van der Waals surface area contributed by atoms with E-state index < -0.39 is 15.9 Å². The van der Waals surface area contributed by atoms with Crippen LogP contribution in [0.25, 0.3) is 0 Å². The highest BCUT2D eigenvalue weighted by Crippen LogP contribution is 2.24. The molecule has 1 N–H and O–H groups in total. The highest BCUT2D eigenvalue weighted by atomic mass is 32.2. The lowest BCUT2D eigenvalue weighted by Crippen LogP contribution is -2.26. The van der Waals surface area contributed by atoms with Gasteiger partial charge in [0.2, 0.25) is 5.88 Å². The topological polar surface area (TPSA) is 88.6 Å². The molecule has 0 unspecified atom stereocenters. The molecule has 29 heavy (non-hydrogen) atoms. The van der Waals surface area contributed by atoms with Gasteiger partial charge in [0.25, 0.3) is 15.9 Å². The molecule has 0 aliphatic carbocycles. The summed E-state index contributed by atoms with van der Waals surface area (Å²) in [5.74, 6) is -0.215. The van der Waals surface area contributed by atoms with E-state index in [0.717, 1.165) is 0 Å². The average Bonchev–Trinajstić information content (AvgIpc) is 2.74. The molecule has 0 aliphatic rings. The predicted octanol–water partition coefficient (Wildman–Crippen LogP) is 3.56. The Kier molecular flexibility index (Phi) is 6.13. The predicted molar refractivity (Wildman–Crippen MR) is 112 cm³/mol. The Morgan fingerprint density at radius 1 is 1.07 bits per heavy atom. The van der Waals surface area contributed by atoms with Crippen molar-refractivity contribution in [1.29, 1.82) is 0 Å². The van der Waals surface area contributed by atoms with Crippen molar-refractivity contribution >= 4 is 27.3 Å². The van der Waals surface area contributed by atoms with E-state index in [-0.39, 0.29) is 16.3 Å².